The number of rotatable bonds is 8. The van der Waals surface area contributed by atoms with Crippen molar-refractivity contribution in [2.45, 2.75) is 46.3 Å². The molecule has 0 aliphatic carbocycles. The molecule has 0 aliphatic heterocycles. The number of carbonyl (C=O) groups excluding carboxylic acids is 1. The molecule has 2 atom stereocenters. The Morgan fingerprint density at radius 2 is 1.91 bits per heavy atom. The molecule has 0 bridgehead atoms. The maximum absolute atomic E-state index is 11.9. The highest BCUT2D eigenvalue weighted by molar-refractivity contribution is 5.69. The summed E-state index contributed by atoms with van der Waals surface area (Å²) in [4.78, 5) is 11.9. The lowest BCUT2D eigenvalue weighted by atomic mass is 9.79. The van der Waals surface area contributed by atoms with Crippen LogP contribution in [0.3, 0.4) is 0 Å². The zero-order valence-electron chi connectivity index (χ0n) is 14.5. The number of ether oxygens (including phenoxy) is 2. The van der Waals surface area contributed by atoms with Crippen LogP contribution in [0.25, 0.3) is 0 Å². The Kier molecular flexibility index (Phi) is 7.30. The first-order valence-electron chi connectivity index (χ1n) is 7.87. The second-order valence-electron chi connectivity index (χ2n) is 6.76. The third kappa shape index (κ3) is 6.45. The Hall–Kier alpha value is -1.81. The summed E-state index contributed by atoms with van der Waals surface area (Å²) in [6.45, 7) is 9.90. The van der Waals surface area contributed by atoms with Gasteiger partial charge >= 0.3 is 5.97 Å². The lowest BCUT2D eigenvalue weighted by Crippen LogP contribution is -2.33. The Labute approximate surface area is 139 Å². The van der Waals surface area contributed by atoms with Crippen molar-refractivity contribution in [3.63, 3.8) is 0 Å². The number of hydrogen-bond donors (Lipinski definition) is 1. The Morgan fingerprint density at radius 3 is 2.39 bits per heavy atom. The summed E-state index contributed by atoms with van der Waals surface area (Å²) in [5.41, 5.74) is 0.667. The van der Waals surface area contributed by atoms with Crippen molar-refractivity contribution in [1.82, 2.24) is 0 Å². The van der Waals surface area contributed by atoms with E-state index in [1.54, 1.807) is 13.2 Å². The van der Waals surface area contributed by atoms with Crippen molar-refractivity contribution >= 4 is 5.97 Å². The van der Waals surface area contributed by atoms with Gasteiger partial charge in [0.05, 0.1) is 13.2 Å². The van der Waals surface area contributed by atoms with Crippen LogP contribution in [0.2, 0.25) is 0 Å². The summed E-state index contributed by atoms with van der Waals surface area (Å²) in [6.07, 6.45) is 1.98. The molecule has 1 aromatic rings. The minimum Gasteiger partial charge on any atom is -0.497 e. The molecule has 1 rings (SSSR count). The van der Waals surface area contributed by atoms with Crippen LogP contribution in [0.5, 0.6) is 5.75 Å². The maximum Gasteiger partial charge on any atom is 0.306 e. The number of aliphatic hydroxyl groups excluding tert-OH is 1. The molecule has 23 heavy (non-hydrogen) atoms. The molecule has 0 saturated heterocycles. The first-order valence-corrected chi connectivity index (χ1v) is 7.87. The van der Waals surface area contributed by atoms with E-state index in [4.69, 9.17) is 9.47 Å². The average molecular weight is 320 g/mol. The number of carbonyl (C=O) groups is 1. The highest BCUT2D eigenvalue weighted by atomic mass is 16.5. The fraction of sp³-hybridized carbons (Fsp3) is 0.526. The standard InChI is InChI=1S/C19H28O4/c1-6-15(18(21)19(2,3)4)9-12-17(20)23-13-14-7-10-16(22-5)11-8-14/h6-8,10-11,15,18,21H,1,9,12-13H2,2-5H3/t15-,18+/m0/s1. The van der Waals surface area contributed by atoms with E-state index in [0.717, 1.165) is 11.3 Å². The van der Waals surface area contributed by atoms with Crippen molar-refractivity contribution in [2.75, 3.05) is 7.11 Å². The molecule has 0 unspecified atom stereocenters. The van der Waals surface area contributed by atoms with Gasteiger partial charge < -0.3 is 14.6 Å². The van der Waals surface area contributed by atoms with E-state index in [-0.39, 0.29) is 30.3 Å². The molecule has 1 N–H and O–H groups in total. The normalized spacial score (nSPS) is 14.0. The van der Waals surface area contributed by atoms with E-state index in [9.17, 15) is 9.90 Å². The second-order valence-corrected chi connectivity index (χ2v) is 6.76. The zero-order chi connectivity index (χ0) is 17.5. The van der Waals surface area contributed by atoms with Crippen LogP contribution in [0.4, 0.5) is 0 Å². The Bertz CT molecular complexity index is 499. The van der Waals surface area contributed by atoms with E-state index < -0.39 is 6.10 Å². The van der Waals surface area contributed by atoms with Crippen LogP contribution in [0.1, 0.15) is 39.2 Å². The number of hydrogen-bond acceptors (Lipinski definition) is 4. The smallest absolute Gasteiger partial charge is 0.306 e. The minimum absolute atomic E-state index is 0.122. The largest absolute Gasteiger partial charge is 0.497 e. The summed E-state index contributed by atoms with van der Waals surface area (Å²) < 4.78 is 10.3. The van der Waals surface area contributed by atoms with Gasteiger partial charge in [-0.15, -0.1) is 6.58 Å². The third-order valence-electron chi connectivity index (χ3n) is 3.84. The monoisotopic (exact) mass is 320 g/mol. The summed E-state index contributed by atoms with van der Waals surface area (Å²) in [5, 5.41) is 10.3. The SMILES string of the molecule is C=C[C@@H](CCC(=O)OCc1ccc(OC)cc1)[C@@H](O)C(C)(C)C. The molecule has 128 valence electrons. The molecule has 1 aromatic carbocycles. The molecular formula is C19H28O4. The summed E-state index contributed by atoms with van der Waals surface area (Å²) in [7, 11) is 1.61. The lowest BCUT2D eigenvalue weighted by molar-refractivity contribution is -0.145. The zero-order valence-corrected chi connectivity index (χ0v) is 14.5. The molecule has 0 amide bonds. The number of benzene rings is 1. The Morgan fingerprint density at radius 1 is 1.30 bits per heavy atom. The van der Waals surface area contributed by atoms with Gasteiger partial charge in [0.15, 0.2) is 0 Å². The summed E-state index contributed by atoms with van der Waals surface area (Å²) in [6, 6.07) is 7.39. The maximum atomic E-state index is 11.9. The van der Waals surface area contributed by atoms with Gasteiger partial charge in [0.2, 0.25) is 0 Å². The van der Waals surface area contributed by atoms with Gasteiger partial charge in [-0.2, -0.15) is 0 Å². The number of esters is 1. The summed E-state index contributed by atoms with van der Waals surface area (Å²) >= 11 is 0. The van der Waals surface area contributed by atoms with E-state index in [0.29, 0.717) is 6.42 Å². The molecule has 0 aromatic heterocycles. The molecule has 4 nitrogen and oxygen atoms in total. The number of aliphatic hydroxyl groups is 1. The third-order valence-corrected chi connectivity index (χ3v) is 3.84. The predicted octanol–water partition coefficient (Wildman–Crippen LogP) is 3.73. The molecular weight excluding hydrogens is 292 g/mol. The van der Waals surface area contributed by atoms with Crippen molar-refractivity contribution < 1.29 is 19.4 Å². The van der Waals surface area contributed by atoms with Gasteiger partial charge in [0.1, 0.15) is 12.4 Å². The van der Waals surface area contributed by atoms with Gasteiger partial charge in [-0.3, -0.25) is 4.79 Å². The first-order chi connectivity index (χ1) is 10.8. The van der Waals surface area contributed by atoms with Crippen LogP contribution < -0.4 is 4.74 Å². The lowest BCUT2D eigenvalue weighted by Gasteiger charge is -2.31. The molecule has 0 aliphatic rings. The van der Waals surface area contributed by atoms with Crippen molar-refractivity contribution in [3.8, 4) is 5.75 Å². The molecule has 4 heteroatoms. The molecule has 0 heterocycles. The van der Waals surface area contributed by atoms with Crippen LogP contribution in [0, 0.1) is 11.3 Å². The van der Waals surface area contributed by atoms with E-state index in [1.165, 1.54) is 0 Å². The first kappa shape index (κ1) is 19.2. The van der Waals surface area contributed by atoms with Crippen molar-refractivity contribution in [3.05, 3.63) is 42.5 Å². The molecule has 0 saturated carbocycles. The minimum atomic E-state index is -0.533. The highest BCUT2D eigenvalue weighted by Gasteiger charge is 2.28. The average Bonchev–Trinajstić information content (AvgIpc) is 2.52. The van der Waals surface area contributed by atoms with Gasteiger partial charge in [0.25, 0.3) is 0 Å². The van der Waals surface area contributed by atoms with Crippen LogP contribution >= 0.6 is 0 Å². The van der Waals surface area contributed by atoms with Gasteiger partial charge in [-0.1, -0.05) is 39.0 Å². The van der Waals surface area contributed by atoms with E-state index >= 15 is 0 Å². The highest BCUT2D eigenvalue weighted by Crippen LogP contribution is 2.28. The fourth-order valence-corrected chi connectivity index (χ4v) is 2.29. The Balaban J connectivity index is 2.42. The van der Waals surface area contributed by atoms with E-state index in [2.05, 4.69) is 6.58 Å². The second kappa shape index (κ2) is 8.73. The van der Waals surface area contributed by atoms with Crippen molar-refractivity contribution in [1.29, 1.82) is 0 Å². The predicted molar refractivity (Wildman–Crippen MR) is 91.2 cm³/mol. The van der Waals surface area contributed by atoms with Crippen LogP contribution in [0.15, 0.2) is 36.9 Å². The molecule has 0 fully saturated rings. The fourth-order valence-electron chi connectivity index (χ4n) is 2.29. The van der Waals surface area contributed by atoms with Gasteiger partial charge in [-0.25, -0.2) is 0 Å². The summed E-state index contributed by atoms with van der Waals surface area (Å²) in [5.74, 6) is 0.377. The quantitative estimate of drug-likeness (QED) is 0.586. The van der Waals surface area contributed by atoms with Gasteiger partial charge in [0, 0.05) is 12.3 Å². The van der Waals surface area contributed by atoms with Crippen LogP contribution in [-0.4, -0.2) is 24.3 Å². The van der Waals surface area contributed by atoms with Gasteiger partial charge in [-0.05, 0) is 29.5 Å². The topological polar surface area (TPSA) is 55.8 Å². The van der Waals surface area contributed by atoms with Crippen molar-refractivity contribution in [2.24, 2.45) is 11.3 Å². The van der Waals surface area contributed by atoms with Crippen LogP contribution in [-0.2, 0) is 16.1 Å². The molecule has 0 radical (unpaired) electrons. The van der Waals surface area contributed by atoms with E-state index in [1.807, 2.05) is 45.0 Å². The molecule has 0 spiro atoms. The number of methoxy groups -OCH3 is 1.